The predicted molar refractivity (Wildman–Crippen MR) is 85.7 cm³/mol. The average Bonchev–Trinajstić information content (AvgIpc) is 2.99. The molecule has 1 fully saturated rings. The summed E-state index contributed by atoms with van der Waals surface area (Å²) in [4.78, 5) is 29.8. The Bertz CT molecular complexity index is 557. The van der Waals surface area contributed by atoms with Gasteiger partial charge in [0.1, 0.15) is 12.4 Å². The number of aromatic nitrogens is 2. The number of nitrogens with one attached hydrogen (secondary N) is 1. The minimum atomic E-state index is -0.969. The summed E-state index contributed by atoms with van der Waals surface area (Å²) in [5.74, 6) is 0.772. The number of aliphatic hydroxyl groups is 1. The molecule has 1 aliphatic heterocycles. The van der Waals surface area contributed by atoms with Crippen LogP contribution in [0.15, 0.2) is 12.4 Å². The van der Waals surface area contributed by atoms with Crippen LogP contribution in [0.4, 0.5) is 0 Å². The van der Waals surface area contributed by atoms with E-state index in [9.17, 15) is 14.7 Å². The molecule has 1 aliphatic rings. The predicted octanol–water partition coefficient (Wildman–Crippen LogP) is 0.325. The Balaban J connectivity index is 1.94. The van der Waals surface area contributed by atoms with Crippen LogP contribution < -0.4 is 5.32 Å². The lowest BCUT2D eigenvalue weighted by Gasteiger charge is -2.39. The highest BCUT2D eigenvalue weighted by Crippen LogP contribution is 2.26. The second kappa shape index (κ2) is 7.59. The first-order valence-electron chi connectivity index (χ1n) is 8.18. The van der Waals surface area contributed by atoms with Crippen LogP contribution in [-0.2, 0) is 22.6 Å². The van der Waals surface area contributed by atoms with Gasteiger partial charge in [0.2, 0.25) is 11.8 Å². The third-order valence-electron chi connectivity index (χ3n) is 4.43. The van der Waals surface area contributed by atoms with Gasteiger partial charge in [-0.25, -0.2) is 4.98 Å². The maximum absolute atomic E-state index is 12.5. The molecule has 1 aromatic heterocycles. The SMILES string of the molecule is CCc1nccn1CC(=O)N1CCC[C@@](O)(CCC(=O)NC)C1. The zero-order valence-corrected chi connectivity index (χ0v) is 13.9. The van der Waals surface area contributed by atoms with Crippen molar-refractivity contribution in [2.45, 2.75) is 51.2 Å². The molecule has 7 heteroatoms. The van der Waals surface area contributed by atoms with E-state index in [1.807, 2.05) is 11.5 Å². The molecule has 0 aliphatic carbocycles. The number of carbonyl (C=O) groups is 2. The van der Waals surface area contributed by atoms with E-state index in [1.54, 1.807) is 24.3 Å². The number of likely N-dealkylation sites (tertiary alicyclic amines) is 1. The minimum Gasteiger partial charge on any atom is -0.388 e. The first kappa shape index (κ1) is 17.5. The fourth-order valence-corrected chi connectivity index (χ4v) is 3.04. The zero-order chi connectivity index (χ0) is 16.9. The largest absolute Gasteiger partial charge is 0.388 e. The zero-order valence-electron chi connectivity index (χ0n) is 13.9. The second-order valence-corrected chi connectivity index (χ2v) is 6.14. The third kappa shape index (κ3) is 4.54. The number of rotatable bonds is 6. The summed E-state index contributed by atoms with van der Waals surface area (Å²) in [5.41, 5.74) is -0.969. The van der Waals surface area contributed by atoms with Crippen LogP contribution in [0.25, 0.3) is 0 Å². The summed E-state index contributed by atoms with van der Waals surface area (Å²) >= 11 is 0. The van der Waals surface area contributed by atoms with E-state index in [-0.39, 0.29) is 24.8 Å². The van der Waals surface area contributed by atoms with Crippen molar-refractivity contribution >= 4 is 11.8 Å². The molecule has 1 aromatic rings. The number of hydrogen-bond donors (Lipinski definition) is 2. The van der Waals surface area contributed by atoms with Gasteiger partial charge in [0, 0.05) is 45.4 Å². The van der Waals surface area contributed by atoms with Crippen LogP contribution >= 0.6 is 0 Å². The van der Waals surface area contributed by atoms with E-state index in [4.69, 9.17) is 0 Å². The van der Waals surface area contributed by atoms with Crippen molar-refractivity contribution in [1.82, 2.24) is 19.8 Å². The number of piperidine rings is 1. The van der Waals surface area contributed by atoms with Gasteiger partial charge in [-0.05, 0) is 19.3 Å². The summed E-state index contributed by atoms with van der Waals surface area (Å²) in [6.45, 7) is 3.19. The van der Waals surface area contributed by atoms with E-state index >= 15 is 0 Å². The Labute approximate surface area is 136 Å². The molecule has 2 amide bonds. The molecule has 2 heterocycles. The van der Waals surface area contributed by atoms with Crippen LogP contribution in [0.1, 0.15) is 38.4 Å². The molecule has 0 aromatic carbocycles. The Morgan fingerprint density at radius 1 is 1.48 bits per heavy atom. The lowest BCUT2D eigenvalue weighted by atomic mass is 9.88. The molecule has 1 atom stereocenters. The molecular formula is C16H26N4O3. The fourth-order valence-electron chi connectivity index (χ4n) is 3.04. The third-order valence-corrected chi connectivity index (χ3v) is 4.43. The Hall–Kier alpha value is -1.89. The lowest BCUT2D eigenvalue weighted by molar-refractivity contribution is -0.139. The van der Waals surface area contributed by atoms with Crippen molar-refractivity contribution in [3.05, 3.63) is 18.2 Å². The van der Waals surface area contributed by atoms with Crippen LogP contribution in [0, 0.1) is 0 Å². The van der Waals surface area contributed by atoms with Crippen LogP contribution in [0.2, 0.25) is 0 Å². The van der Waals surface area contributed by atoms with E-state index < -0.39 is 5.60 Å². The van der Waals surface area contributed by atoms with Gasteiger partial charge in [-0.3, -0.25) is 9.59 Å². The Morgan fingerprint density at radius 3 is 2.96 bits per heavy atom. The molecule has 2 rings (SSSR count). The number of β-amino-alcohol motifs (C(OH)–C–C–N with tert-alkyl or cyclic N) is 1. The van der Waals surface area contributed by atoms with Crippen LogP contribution in [0.5, 0.6) is 0 Å². The number of hydrogen-bond acceptors (Lipinski definition) is 4. The van der Waals surface area contributed by atoms with E-state index in [0.29, 0.717) is 25.9 Å². The van der Waals surface area contributed by atoms with Gasteiger partial charge in [-0.1, -0.05) is 6.92 Å². The molecule has 128 valence electrons. The van der Waals surface area contributed by atoms with Gasteiger partial charge in [-0.15, -0.1) is 0 Å². The maximum Gasteiger partial charge on any atom is 0.242 e. The molecule has 0 saturated carbocycles. The normalized spacial score (nSPS) is 21.3. The number of amides is 2. The molecule has 1 saturated heterocycles. The van der Waals surface area contributed by atoms with Gasteiger partial charge in [0.05, 0.1) is 5.60 Å². The van der Waals surface area contributed by atoms with E-state index in [2.05, 4.69) is 10.3 Å². The van der Waals surface area contributed by atoms with Crippen LogP contribution in [0.3, 0.4) is 0 Å². The monoisotopic (exact) mass is 322 g/mol. The average molecular weight is 322 g/mol. The Kier molecular flexibility index (Phi) is 5.76. The standard InChI is InChI=1S/C16H26N4O3/c1-3-13-18-8-10-19(13)11-15(22)20-9-4-6-16(23,12-20)7-5-14(21)17-2/h8,10,23H,3-7,9,11-12H2,1-2H3,(H,17,21)/t16-/m1/s1. The topological polar surface area (TPSA) is 87.5 Å². The van der Waals surface area contributed by atoms with Gasteiger partial charge < -0.3 is 19.9 Å². The highest BCUT2D eigenvalue weighted by Gasteiger charge is 2.35. The van der Waals surface area contributed by atoms with Gasteiger partial charge in [-0.2, -0.15) is 0 Å². The first-order valence-corrected chi connectivity index (χ1v) is 8.18. The molecule has 7 nitrogen and oxygen atoms in total. The molecule has 23 heavy (non-hydrogen) atoms. The first-order chi connectivity index (χ1) is 11.0. The highest BCUT2D eigenvalue weighted by molar-refractivity contribution is 5.76. The van der Waals surface area contributed by atoms with Crippen molar-refractivity contribution < 1.29 is 14.7 Å². The summed E-state index contributed by atoms with van der Waals surface area (Å²) in [6.07, 6.45) is 6.30. The van der Waals surface area contributed by atoms with Crippen molar-refractivity contribution in [2.24, 2.45) is 0 Å². The van der Waals surface area contributed by atoms with Gasteiger partial charge >= 0.3 is 0 Å². The van der Waals surface area contributed by atoms with Crippen molar-refractivity contribution in [1.29, 1.82) is 0 Å². The minimum absolute atomic E-state index is 0.0178. The van der Waals surface area contributed by atoms with Gasteiger partial charge in [0.15, 0.2) is 0 Å². The molecular weight excluding hydrogens is 296 g/mol. The van der Waals surface area contributed by atoms with E-state index in [0.717, 1.165) is 18.7 Å². The fraction of sp³-hybridized carbons (Fsp3) is 0.688. The van der Waals surface area contributed by atoms with Crippen molar-refractivity contribution in [2.75, 3.05) is 20.1 Å². The quantitative estimate of drug-likeness (QED) is 0.790. The summed E-state index contributed by atoms with van der Waals surface area (Å²) < 4.78 is 1.85. The number of imidazole rings is 1. The summed E-state index contributed by atoms with van der Waals surface area (Å²) in [6, 6.07) is 0. The highest BCUT2D eigenvalue weighted by atomic mass is 16.3. The number of aryl methyl sites for hydroxylation is 1. The maximum atomic E-state index is 12.5. The molecule has 0 unspecified atom stereocenters. The molecule has 0 bridgehead atoms. The van der Waals surface area contributed by atoms with Crippen LogP contribution in [-0.4, -0.2) is 57.1 Å². The second-order valence-electron chi connectivity index (χ2n) is 6.14. The Morgan fingerprint density at radius 2 is 2.26 bits per heavy atom. The van der Waals surface area contributed by atoms with E-state index in [1.165, 1.54) is 0 Å². The molecule has 2 N–H and O–H groups in total. The summed E-state index contributed by atoms with van der Waals surface area (Å²) in [7, 11) is 1.58. The molecule has 0 radical (unpaired) electrons. The number of carbonyl (C=O) groups excluding carboxylic acids is 2. The van der Waals surface area contributed by atoms with Gasteiger partial charge in [0.25, 0.3) is 0 Å². The van der Waals surface area contributed by atoms with Crippen molar-refractivity contribution in [3.8, 4) is 0 Å². The summed E-state index contributed by atoms with van der Waals surface area (Å²) in [5, 5.41) is 13.2. The number of nitrogens with zero attached hydrogens (tertiary/aromatic N) is 3. The lowest BCUT2D eigenvalue weighted by Crippen LogP contribution is -2.51. The smallest absolute Gasteiger partial charge is 0.242 e. The van der Waals surface area contributed by atoms with Crippen molar-refractivity contribution in [3.63, 3.8) is 0 Å². The molecule has 0 spiro atoms.